The number of hydrogen-bond donors (Lipinski definition) is 2. The minimum Gasteiger partial charge on any atom is -0.285 e. The largest absolute Gasteiger partial charge is 0.285 e. The van der Waals surface area contributed by atoms with Crippen LogP contribution < -0.4 is 0 Å². The van der Waals surface area contributed by atoms with E-state index in [9.17, 15) is 9.59 Å². The monoisotopic (exact) mass is 434 g/mol. The first kappa shape index (κ1) is 18.3. The average molecular weight is 434 g/mol. The fourth-order valence-electron chi connectivity index (χ4n) is 5.42. The van der Waals surface area contributed by atoms with E-state index in [0.717, 1.165) is 45.0 Å². The second-order valence-corrected chi connectivity index (χ2v) is 8.62. The Morgan fingerprint density at radius 1 is 0.939 bits per heavy atom. The second kappa shape index (κ2) is 6.59. The summed E-state index contributed by atoms with van der Waals surface area (Å²) in [4.78, 5) is 32.8. The highest BCUT2D eigenvalue weighted by atomic mass is 16.2. The Morgan fingerprint density at radius 3 is 2.52 bits per heavy atom. The molecule has 0 fully saturated rings. The van der Waals surface area contributed by atoms with Gasteiger partial charge in [0.05, 0.1) is 40.2 Å². The van der Waals surface area contributed by atoms with Crippen LogP contribution in [0.2, 0.25) is 0 Å². The molecule has 3 aromatic heterocycles. The van der Waals surface area contributed by atoms with E-state index in [-0.39, 0.29) is 17.9 Å². The molecule has 2 aliphatic rings. The van der Waals surface area contributed by atoms with Gasteiger partial charge < -0.3 is 0 Å². The topological polar surface area (TPSA) is 108 Å². The van der Waals surface area contributed by atoms with Gasteiger partial charge in [-0.05, 0) is 54.7 Å². The predicted octanol–water partition coefficient (Wildman–Crippen LogP) is 3.65. The number of nitrogens with zero attached hydrogens (tertiary/aromatic N) is 4. The van der Waals surface area contributed by atoms with Crippen LogP contribution in [0.3, 0.4) is 0 Å². The number of fused-ring (bicyclic) bond motifs is 6. The van der Waals surface area contributed by atoms with Crippen molar-refractivity contribution in [3.05, 3.63) is 77.2 Å². The van der Waals surface area contributed by atoms with Crippen LogP contribution in [0.5, 0.6) is 0 Å². The number of aromatic amines is 2. The third kappa shape index (κ3) is 2.48. The van der Waals surface area contributed by atoms with E-state index >= 15 is 0 Å². The first-order valence-electron chi connectivity index (χ1n) is 10.9. The normalized spacial score (nSPS) is 17.7. The van der Waals surface area contributed by atoms with Gasteiger partial charge in [0.2, 0.25) is 0 Å². The molecule has 2 aromatic carbocycles. The Hall–Kier alpha value is -4.33. The molecular weight excluding hydrogens is 416 g/mol. The van der Waals surface area contributed by atoms with E-state index in [1.54, 1.807) is 30.5 Å². The number of aromatic nitrogens is 5. The highest BCUT2D eigenvalue weighted by Gasteiger charge is 2.41. The van der Waals surface area contributed by atoms with Gasteiger partial charge in [-0.2, -0.15) is 10.2 Å². The van der Waals surface area contributed by atoms with Crippen LogP contribution in [0.25, 0.3) is 33.1 Å². The molecule has 0 radical (unpaired) electrons. The van der Waals surface area contributed by atoms with Gasteiger partial charge in [-0.1, -0.05) is 12.1 Å². The van der Waals surface area contributed by atoms with Crippen molar-refractivity contribution in [2.75, 3.05) is 0 Å². The molecule has 0 spiro atoms. The van der Waals surface area contributed by atoms with E-state index in [1.807, 2.05) is 24.5 Å². The minimum atomic E-state index is -0.224. The molecule has 2 N–H and O–H groups in total. The van der Waals surface area contributed by atoms with Crippen molar-refractivity contribution in [3.63, 3.8) is 0 Å². The number of pyridine rings is 1. The maximum absolute atomic E-state index is 13.1. The van der Waals surface area contributed by atoms with Gasteiger partial charge in [0.15, 0.2) is 0 Å². The summed E-state index contributed by atoms with van der Waals surface area (Å²) < 4.78 is 0. The number of benzene rings is 2. The molecule has 8 nitrogen and oxygen atoms in total. The van der Waals surface area contributed by atoms with Gasteiger partial charge in [0.25, 0.3) is 11.8 Å². The summed E-state index contributed by atoms with van der Waals surface area (Å²) in [5, 5.41) is 16.4. The quantitative estimate of drug-likeness (QED) is 0.412. The van der Waals surface area contributed by atoms with Gasteiger partial charge >= 0.3 is 0 Å². The Balaban J connectivity index is 1.41. The summed E-state index contributed by atoms with van der Waals surface area (Å²) in [6, 6.07) is 10.8. The predicted molar refractivity (Wildman–Crippen MR) is 122 cm³/mol. The van der Waals surface area contributed by atoms with Crippen LogP contribution in [0.4, 0.5) is 0 Å². The van der Waals surface area contributed by atoms with E-state index < -0.39 is 0 Å². The van der Waals surface area contributed by atoms with Gasteiger partial charge in [-0.3, -0.25) is 24.7 Å². The van der Waals surface area contributed by atoms with Crippen molar-refractivity contribution < 1.29 is 9.59 Å². The lowest BCUT2D eigenvalue weighted by Crippen LogP contribution is -2.43. The first-order valence-corrected chi connectivity index (χ1v) is 10.9. The molecule has 2 amide bonds. The number of hydrogen-bond acceptors (Lipinski definition) is 5. The Morgan fingerprint density at radius 2 is 1.76 bits per heavy atom. The second-order valence-electron chi connectivity index (χ2n) is 8.62. The zero-order valence-electron chi connectivity index (χ0n) is 17.5. The van der Waals surface area contributed by atoms with Crippen LogP contribution >= 0.6 is 0 Å². The third-order valence-electron chi connectivity index (χ3n) is 6.92. The summed E-state index contributed by atoms with van der Waals surface area (Å²) in [5.74, 6) is -0.417. The highest BCUT2D eigenvalue weighted by molar-refractivity contribution is 6.21. The fourth-order valence-corrected chi connectivity index (χ4v) is 5.42. The Bertz CT molecular complexity index is 1570. The van der Waals surface area contributed by atoms with Crippen LogP contribution in [0.15, 0.2) is 55.0 Å². The van der Waals surface area contributed by atoms with Crippen molar-refractivity contribution in [3.8, 4) is 11.3 Å². The summed E-state index contributed by atoms with van der Waals surface area (Å²) >= 11 is 0. The highest BCUT2D eigenvalue weighted by Crippen LogP contribution is 2.39. The number of imide groups is 1. The molecule has 160 valence electrons. The van der Waals surface area contributed by atoms with Gasteiger partial charge in [0.1, 0.15) is 0 Å². The number of carbonyl (C=O) groups is 2. The lowest BCUT2D eigenvalue weighted by Gasteiger charge is -2.32. The Kier molecular flexibility index (Phi) is 3.64. The Labute approximate surface area is 187 Å². The number of rotatable bonds is 2. The van der Waals surface area contributed by atoms with Crippen LogP contribution in [0.1, 0.15) is 38.3 Å². The van der Waals surface area contributed by atoms with Crippen molar-refractivity contribution >= 4 is 33.6 Å². The summed E-state index contributed by atoms with van der Waals surface area (Å²) in [7, 11) is 0. The zero-order chi connectivity index (χ0) is 22.1. The smallest absolute Gasteiger partial charge is 0.261 e. The molecule has 0 bridgehead atoms. The molecule has 5 aromatic rings. The SMILES string of the molecule is O=C1c2ccccc2C(=O)N1C1CCc2c(c(-c3cn[nH]c3)nc3ccc4[nH]ncc4c23)C1. The first-order chi connectivity index (χ1) is 16.2. The van der Waals surface area contributed by atoms with Crippen molar-refractivity contribution in [2.45, 2.75) is 25.3 Å². The van der Waals surface area contributed by atoms with Crippen molar-refractivity contribution in [1.29, 1.82) is 0 Å². The summed E-state index contributed by atoms with van der Waals surface area (Å²) in [5.41, 5.74) is 6.84. The zero-order valence-corrected chi connectivity index (χ0v) is 17.5. The minimum absolute atomic E-state index is 0.208. The molecular formula is C25H18N6O2. The number of amides is 2. The molecule has 4 heterocycles. The lowest BCUT2D eigenvalue weighted by atomic mass is 9.83. The third-order valence-corrected chi connectivity index (χ3v) is 6.92. The van der Waals surface area contributed by atoms with Crippen LogP contribution in [-0.2, 0) is 12.8 Å². The van der Waals surface area contributed by atoms with Gasteiger partial charge in [0, 0.05) is 28.6 Å². The molecule has 33 heavy (non-hydrogen) atoms. The summed E-state index contributed by atoms with van der Waals surface area (Å²) in [6.07, 6.45) is 7.43. The molecule has 1 aliphatic carbocycles. The molecule has 1 atom stereocenters. The van der Waals surface area contributed by atoms with E-state index in [2.05, 4.69) is 20.4 Å². The number of H-pyrrole nitrogens is 2. The van der Waals surface area contributed by atoms with E-state index in [1.165, 1.54) is 10.5 Å². The van der Waals surface area contributed by atoms with Crippen molar-refractivity contribution in [1.82, 2.24) is 30.3 Å². The van der Waals surface area contributed by atoms with Gasteiger partial charge in [-0.15, -0.1) is 0 Å². The molecule has 0 saturated carbocycles. The number of carbonyl (C=O) groups excluding carboxylic acids is 2. The van der Waals surface area contributed by atoms with Crippen LogP contribution in [0, 0.1) is 0 Å². The van der Waals surface area contributed by atoms with E-state index in [4.69, 9.17) is 4.98 Å². The standard InChI is InChI=1S/C25H18N6O2/c32-24-16-3-1-2-4-17(16)25(33)31(24)14-5-6-15-18(9-14)23(13-10-26-27-11-13)29-21-8-7-20-19(22(15)21)12-28-30-20/h1-4,7-8,10-12,14H,5-6,9H2,(H,26,27)(H,28,30). The maximum atomic E-state index is 13.1. The maximum Gasteiger partial charge on any atom is 0.261 e. The molecule has 7 rings (SSSR count). The van der Waals surface area contributed by atoms with Crippen molar-refractivity contribution in [2.24, 2.45) is 0 Å². The van der Waals surface area contributed by atoms with E-state index in [0.29, 0.717) is 24.0 Å². The van der Waals surface area contributed by atoms with Gasteiger partial charge in [-0.25, -0.2) is 4.98 Å². The summed E-state index contributed by atoms with van der Waals surface area (Å²) in [6.45, 7) is 0. The number of aryl methyl sites for hydroxylation is 1. The fraction of sp³-hybridized carbons (Fsp3) is 0.160. The molecule has 1 aliphatic heterocycles. The molecule has 0 saturated heterocycles. The molecule has 1 unspecified atom stereocenters. The number of nitrogens with one attached hydrogen (secondary N) is 2. The van der Waals surface area contributed by atoms with Crippen LogP contribution in [-0.4, -0.2) is 48.1 Å². The average Bonchev–Trinajstić information content (AvgIpc) is 3.59. The lowest BCUT2D eigenvalue weighted by molar-refractivity contribution is 0.0571. The molecule has 8 heteroatoms.